The Morgan fingerprint density at radius 1 is 0.429 bits per heavy atom. The van der Waals surface area contributed by atoms with Crippen molar-refractivity contribution in [3.63, 3.8) is 0 Å². The van der Waals surface area contributed by atoms with E-state index in [0.29, 0.717) is 0 Å². The molecule has 0 atom stereocenters. The fourth-order valence-electron chi connectivity index (χ4n) is 7.18. The van der Waals surface area contributed by atoms with E-state index in [1.807, 2.05) is 24.5 Å². The smallest absolute Gasteiger partial charge is 0.0773 e. The average molecular weight is 857 g/mol. The Morgan fingerprint density at radius 3 is 1.20 bits per heavy atom. The second-order valence-electron chi connectivity index (χ2n) is 13.6. The summed E-state index contributed by atoms with van der Waals surface area (Å²) in [7, 11) is 0. The Balaban J connectivity index is 0.000000168. The zero-order valence-corrected chi connectivity index (χ0v) is 36.1. The molecule has 0 bridgehead atoms. The normalized spacial score (nSPS) is 10.5. The fourth-order valence-corrected chi connectivity index (χ4v) is 7.18. The number of benzene rings is 6. The molecule has 8 aromatic carbocycles. The van der Waals surface area contributed by atoms with E-state index >= 15 is 0 Å². The van der Waals surface area contributed by atoms with Gasteiger partial charge in [-0.2, -0.15) is 0 Å². The Labute approximate surface area is 356 Å². The van der Waals surface area contributed by atoms with Gasteiger partial charge in [-0.05, 0) is 23.3 Å². The van der Waals surface area contributed by atoms with Crippen molar-refractivity contribution < 1.29 is 48.1 Å². The molecule has 0 fully saturated rings. The third-order valence-electron chi connectivity index (χ3n) is 9.56. The van der Waals surface area contributed by atoms with Crippen molar-refractivity contribution in [1.82, 2.24) is 9.97 Å². The first-order valence-electron chi connectivity index (χ1n) is 18.2. The molecule has 10 aromatic rings. The zero-order valence-electron chi connectivity index (χ0n) is 31.1. The van der Waals surface area contributed by atoms with Gasteiger partial charge >= 0.3 is 41.9 Å². The molecular weight excluding hydrogens is 819 g/mol. The monoisotopic (exact) mass is 854 g/mol. The first-order valence-corrected chi connectivity index (χ1v) is 24.4. The minimum absolute atomic E-state index is 0. The summed E-state index contributed by atoms with van der Waals surface area (Å²) in [4.78, 5) is 9.26. The molecule has 0 aliphatic heterocycles. The molecule has 0 aliphatic carbocycles. The first-order chi connectivity index (χ1) is 26.5. The maximum absolute atomic E-state index is 4.63. The quantitative estimate of drug-likeness (QED) is 0.134. The number of pyridine rings is 2. The van der Waals surface area contributed by atoms with E-state index in [1.54, 1.807) is 23.3 Å². The van der Waals surface area contributed by atoms with Gasteiger partial charge in [0.15, 0.2) is 0 Å². The molecule has 0 aliphatic rings. The van der Waals surface area contributed by atoms with Crippen LogP contribution in [0.15, 0.2) is 194 Å². The number of hydrogen-bond acceptors (Lipinski definition) is 2. The van der Waals surface area contributed by atoms with Crippen LogP contribution >= 0.6 is 0 Å². The van der Waals surface area contributed by atoms with Crippen LogP contribution in [-0.2, 0) is 23.3 Å². The van der Waals surface area contributed by atoms with E-state index in [0.717, 1.165) is 11.0 Å². The number of fused-ring (bicyclic) bond motifs is 4. The largest absolute Gasteiger partial charge is 1.00 e. The Hall–Kier alpha value is -4.96. The fraction of sp³-hybridized carbons (Fsp3) is 0.0400. The minimum Gasteiger partial charge on any atom is -1.00 e. The number of rotatable bonds is 4. The number of halogens is 2. The van der Waals surface area contributed by atoms with Gasteiger partial charge in [-0.3, -0.25) is 9.97 Å². The zero-order chi connectivity index (χ0) is 36.9. The second kappa shape index (κ2) is 18.8. The van der Waals surface area contributed by atoms with Crippen molar-refractivity contribution in [2.75, 3.05) is 0 Å². The van der Waals surface area contributed by atoms with Crippen molar-refractivity contribution in [3.05, 3.63) is 194 Å². The molecule has 0 amide bonds. The molecular formula is C50H38Cl2N2SiZr-2. The number of nitrogens with zero attached hydrogens (tertiary/aromatic N) is 2. The summed E-state index contributed by atoms with van der Waals surface area (Å²) >= 11 is 1.74. The van der Waals surface area contributed by atoms with Gasteiger partial charge < -0.3 is 24.8 Å². The van der Waals surface area contributed by atoms with Gasteiger partial charge in [0.2, 0.25) is 0 Å². The van der Waals surface area contributed by atoms with Crippen LogP contribution in [0.25, 0.3) is 87.9 Å². The Morgan fingerprint density at radius 2 is 0.786 bits per heavy atom. The molecule has 2 heterocycles. The van der Waals surface area contributed by atoms with E-state index in [-0.39, 0.29) is 30.2 Å². The number of hydrogen-bond donors (Lipinski definition) is 0. The molecule has 2 aromatic heterocycles. The summed E-state index contributed by atoms with van der Waals surface area (Å²) < 4.78 is 0. The summed E-state index contributed by atoms with van der Waals surface area (Å²) in [5.74, 6) is 0. The molecule has 10 rings (SSSR count). The topological polar surface area (TPSA) is 25.8 Å². The van der Waals surface area contributed by atoms with Crippen LogP contribution in [0.3, 0.4) is 0 Å². The number of para-hydroxylation sites is 2. The predicted molar refractivity (Wildman–Crippen MR) is 229 cm³/mol. The van der Waals surface area contributed by atoms with Crippen LogP contribution in [0.5, 0.6) is 0 Å². The first kappa shape index (κ1) is 40.7. The average Bonchev–Trinajstić information content (AvgIpc) is 3.87. The van der Waals surface area contributed by atoms with Gasteiger partial charge in [-0.25, -0.2) is 0 Å². The van der Waals surface area contributed by atoms with Gasteiger partial charge in [-0.1, -0.05) is 145 Å². The third kappa shape index (κ3) is 8.86. The van der Waals surface area contributed by atoms with Gasteiger partial charge in [0, 0.05) is 34.3 Å². The summed E-state index contributed by atoms with van der Waals surface area (Å²) in [5, 5.41) is 7.44. The molecule has 2 nitrogen and oxygen atoms in total. The predicted octanol–water partition coefficient (Wildman–Crippen LogP) is 7.67. The molecule has 6 heteroatoms. The molecule has 0 saturated carbocycles. The molecule has 0 saturated heterocycles. The van der Waals surface area contributed by atoms with Crippen LogP contribution in [0, 0.1) is 0 Å². The van der Waals surface area contributed by atoms with Crippen LogP contribution < -0.4 is 24.8 Å². The SMILES string of the molecule is C[Si](C)=[Zr+2].[Cl-].[Cl-].c1ccc(-c2cc3c(-c4cccc5cccnc45)cccc3[cH-]2)cc1.c1ccc(-c2cc3c(-c4cccc5cccnc45)cccc3[cH-]2)cc1. The summed E-state index contributed by atoms with van der Waals surface area (Å²) in [6.45, 7) is 4.62. The standard InChI is InChI=1S/2C24H16N.C2H6Si.2ClH.Zr/c2*1-2-7-17(8-3-1)20-15-19-10-5-12-21(23(19)16-20)22-13-4-9-18-11-6-14-25-24(18)22;1-3-2;;;/h2*1-16H;1-2H3;2*1H;/q2*-1;;;;+2/p-2. The van der Waals surface area contributed by atoms with Gasteiger partial charge in [0.25, 0.3) is 0 Å². The molecule has 56 heavy (non-hydrogen) atoms. The summed E-state index contributed by atoms with van der Waals surface area (Å²) in [6, 6.07) is 64.2. The summed E-state index contributed by atoms with van der Waals surface area (Å²) in [6.07, 6.45) is 3.73. The van der Waals surface area contributed by atoms with Gasteiger partial charge in [0.1, 0.15) is 0 Å². The minimum atomic E-state index is 0. The van der Waals surface area contributed by atoms with Crippen molar-refractivity contribution >= 4 is 48.8 Å². The van der Waals surface area contributed by atoms with Crippen LogP contribution in [0.1, 0.15) is 0 Å². The molecule has 272 valence electrons. The molecule has 0 spiro atoms. The van der Waals surface area contributed by atoms with Gasteiger partial charge in [0.05, 0.1) is 11.0 Å². The van der Waals surface area contributed by atoms with Gasteiger partial charge in [-0.15, -0.1) is 69.1 Å². The van der Waals surface area contributed by atoms with Crippen molar-refractivity contribution in [1.29, 1.82) is 0 Å². The molecule has 0 radical (unpaired) electrons. The van der Waals surface area contributed by atoms with Crippen LogP contribution in [0.4, 0.5) is 0 Å². The maximum atomic E-state index is 4.63. The van der Waals surface area contributed by atoms with Crippen LogP contribution in [0.2, 0.25) is 13.1 Å². The third-order valence-corrected chi connectivity index (χ3v) is 9.56. The van der Waals surface area contributed by atoms with Crippen molar-refractivity contribution in [2.45, 2.75) is 13.1 Å². The molecule has 0 N–H and O–H groups in total. The van der Waals surface area contributed by atoms with E-state index < -0.39 is 0 Å². The van der Waals surface area contributed by atoms with Crippen LogP contribution in [-0.4, -0.2) is 15.4 Å². The van der Waals surface area contributed by atoms with E-state index in [9.17, 15) is 0 Å². The van der Waals surface area contributed by atoms with E-state index in [1.165, 1.54) is 76.8 Å². The Kier molecular flexibility index (Phi) is 13.7. The Bertz CT molecular complexity index is 2670. The maximum Gasteiger partial charge on any atom is 0.0773 e. The second-order valence-corrected chi connectivity index (χ2v) is 23.0. The molecule has 0 unspecified atom stereocenters. The van der Waals surface area contributed by atoms with E-state index in [4.69, 9.17) is 0 Å². The van der Waals surface area contributed by atoms with Crippen molar-refractivity contribution in [3.8, 4) is 44.5 Å². The van der Waals surface area contributed by atoms with Crippen molar-refractivity contribution in [2.24, 2.45) is 0 Å². The number of aromatic nitrogens is 2. The van der Waals surface area contributed by atoms with E-state index in [2.05, 4.69) is 193 Å². The summed E-state index contributed by atoms with van der Waals surface area (Å²) in [5.41, 5.74) is 12.2.